The van der Waals surface area contributed by atoms with E-state index in [1.165, 1.54) is 0 Å². The Hall–Kier alpha value is -2.85. The van der Waals surface area contributed by atoms with Gasteiger partial charge in [-0.1, -0.05) is 41.9 Å². The number of aryl methyl sites for hydroxylation is 1. The van der Waals surface area contributed by atoms with E-state index in [1.807, 2.05) is 67.6 Å². The SMILES string of the molecule is Cc1cccc(NC(=O)N(C)C(c2ccc(Cl)cc2)c2cccnc2)c1. The summed E-state index contributed by atoms with van der Waals surface area (Å²) in [5.74, 6) is 0. The van der Waals surface area contributed by atoms with Crippen molar-refractivity contribution in [2.24, 2.45) is 0 Å². The van der Waals surface area contributed by atoms with E-state index in [4.69, 9.17) is 11.6 Å². The molecule has 0 aliphatic rings. The van der Waals surface area contributed by atoms with Gasteiger partial charge in [0, 0.05) is 30.2 Å². The molecule has 3 rings (SSSR count). The monoisotopic (exact) mass is 365 g/mol. The van der Waals surface area contributed by atoms with E-state index in [-0.39, 0.29) is 12.1 Å². The molecule has 1 N–H and O–H groups in total. The highest BCUT2D eigenvalue weighted by Crippen LogP contribution is 2.28. The molecule has 1 atom stereocenters. The topological polar surface area (TPSA) is 45.2 Å². The molecule has 0 bridgehead atoms. The van der Waals surface area contributed by atoms with Crippen LogP contribution in [0.3, 0.4) is 0 Å². The summed E-state index contributed by atoms with van der Waals surface area (Å²) in [5, 5.41) is 3.61. The van der Waals surface area contributed by atoms with Gasteiger partial charge in [-0.3, -0.25) is 4.98 Å². The van der Waals surface area contributed by atoms with Crippen molar-refractivity contribution in [1.82, 2.24) is 9.88 Å². The van der Waals surface area contributed by atoms with E-state index >= 15 is 0 Å². The van der Waals surface area contributed by atoms with Crippen LogP contribution in [-0.2, 0) is 0 Å². The first-order valence-corrected chi connectivity index (χ1v) is 8.68. The Morgan fingerprint density at radius 2 is 1.85 bits per heavy atom. The van der Waals surface area contributed by atoms with Crippen LogP contribution in [0.1, 0.15) is 22.7 Å². The molecular weight excluding hydrogens is 346 g/mol. The van der Waals surface area contributed by atoms with Crippen LogP contribution < -0.4 is 5.32 Å². The molecular formula is C21H20ClN3O. The predicted octanol–water partition coefficient (Wildman–Crippen LogP) is 5.30. The van der Waals surface area contributed by atoms with Crippen LogP contribution in [0.2, 0.25) is 5.02 Å². The number of nitrogens with zero attached hydrogens (tertiary/aromatic N) is 2. The fourth-order valence-electron chi connectivity index (χ4n) is 2.87. The van der Waals surface area contributed by atoms with E-state index in [1.54, 1.807) is 24.3 Å². The van der Waals surface area contributed by atoms with Crippen molar-refractivity contribution in [3.8, 4) is 0 Å². The van der Waals surface area contributed by atoms with Crippen LogP contribution in [0.4, 0.5) is 10.5 Å². The quantitative estimate of drug-likeness (QED) is 0.682. The van der Waals surface area contributed by atoms with E-state index in [0.717, 1.165) is 22.4 Å². The fraction of sp³-hybridized carbons (Fsp3) is 0.143. The third-order valence-corrected chi connectivity index (χ3v) is 4.41. The highest BCUT2D eigenvalue weighted by molar-refractivity contribution is 6.30. The lowest BCUT2D eigenvalue weighted by Gasteiger charge is -2.29. The number of hydrogen-bond donors (Lipinski definition) is 1. The molecule has 2 aromatic carbocycles. The highest BCUT2D eigenvalue weighted by Gasteiger charge is 2.24. The normalized spacial score (nSPS) is 11.7. The van der Waals surface area contributed by atoms with Crippen LogP contribution in [-0.4, -0.2) is 23.0 Å². The van der Waals surface area contributed by atoms with Crippen molar-refractivity contribution in [2.75, 3.05) is 12.4 Å². The standard InChI is InChI=1S/C21H20ClN3O/c1-15-5-3-7-19(13-15)24-21(26)25(2)20(17-6-4-12-23-14-17)16-8-10-18(22)11-9-16/h3-14,20H,1-2H3,(H,24,26). The third kappa shape index (κ3) is 4.21. The second-order valence-corrected chi connectivity index (χ2v) is 6.59. The molecule has 0 aliphatic heterocycles. The lowest BCUT2D eigenvalue weighted by Crippen LogP contribution is -2.35. The van der Waals surface area contributed by atoms with Gasteiger partial charge in [0.2, 0.25) is 0 Å². The summed E-state index contributed by atoms with van der Waals surface area (Å²) in [6, 6.07) is 18.6. The molecule has 3 aromatic rings. The van der Waals surface area contributed by atoms with Gasteiger partial charge in [-0.25, -0.2) is 4.79 Å². The Bertz CT molecular complexity index is 881. The van der Waals surface area contributed by atoms with Gasteiger partial charge in [-0.15, -0.1) is 0 Å². The molecule has 1 unspecified atom stereocenters. The van der Waals surface area contributed by atoms with Gasteiger partial charge in [0.1, 0.15) is 0 Å². The van der Waals surface area contributed by atoms with Crippen LogP contribution in [0, 0.1) is 6.92 Å². The van der Waals surface area contributed by atoms with Crippen LogP contribution in [0.15, 0.2) is 73.1 Å². The number of rotatable bonds is 4. The van der Waals surface area contributed by atoms with Gasteiger partial charge in [-0.2, -0.15) is 0 Å². The number of anilines is 1. The zero-order valence-electron chi connectivity index (χ0n) is 14.7. The molecule has 5 heteroatoms. The second kappa shape index (κ2) is 8.02. The molecule has 2 amide bonds. The molecule has 4 nitrogen and oxygen atoms in total. The minimum atomic E-state index is -0.272. The maximum atomic E-state index is 12.8. The van der Waals surface area contributed by atoms with Gasteiger partial charge in [0.05, 0.1) is 6.04 Å². The second-order valence-electron chi connectivity index (χ2n) is 6.15. The molecule has 132 valence electrons. The molecule has 0 radical (unpaired) electrons. The number of halogens is 1. The van der Waals surface area contributed by atoms with Crippen molar-refractivity contribution >= 4 is 23.3 Å². The van der Waals surface area contributed by atoms with E-state index in [9.17, 15) is 4.79 Å². The van der Waals surface area contributed by atoms with Crippen molar-refractivity contribution in [3.05, 3.63) is 94.8 Å². The third-order valence-electron chi connectivity index (χ3n) is 4.16. The van der Waals surface area contributed by atoms with Gasteiger partial charge >= 0.3 is 6.03 Å². The lowest BCUT2D eigenvalue weighted by molar-refractivity contribution is 0.212. The Morgan fingerprint density at radius 3 is 2.50 bits per heavy atom. The summed E-state index contributed by atoms with van der Waals surface area (Å²) in [6.45, 7) is 1.99. The molecule has 0 aliphatic carbocycles. The lowest BCUT2D eigenvalue weighted by atomic mass is 9.99. The minimum Gasteiger partial charge on any atom is -0.316 e. The van der Waals surface area contributed by atoms with Crippen molar-refractivity contribution in [3.63, 3.8) is 0 Å². The predicted molar refractivity (Wildman–Crippen MR) is 105 cm³/mol. The van der Waals surface area contributed by atoms with Crippen LogP contribution in [0.25, 0.3) is 0 Å². The van der Waals surface area contributed by atoms with E-state index in [2.05, 4.69) is 10.3 Å². The number of carbonyl (C=O) groups is 1. The molecule has 0 spiro atoms. The Labute approximate surface area is 158 Å². The first-order valence-electron chi connectivity index (χ1n) is 8.30. The Balaban J connectivity index is 1.90. The summed E-state index contributed by atoms with van der Waals surface area (Å²) in [5.41, 5.74) is 3.75. The Kier molecular flexibility index (Phi) is 5.54. The smallest absolute Gasteiger partial charge is 0.316 e. The summed E-state index contributed by atoms with van der Waals surface area (Å²) in [4.78, 5) is 18.7. The first-order chi connectivity index (χ1) is 12.5. The van der Waals surface area contributed by atoms with Gasteiger partial charge in [0.25, 0.3) is 0 Å². The minimum absolute atomic E-state index is 0.195. The van der Waals surface area contributed by atoms with Crippen LogP contribution >= 0.6 is 11.6 Å². The van der Waals surface area contributed by atoms with Gasteiger partial charge in [0.15, 0.2) is 0 Å². The number of benzene rings is 2. The maximum absolute atomic E-state index is 12.8. The summed E-state index contributed by atoms with van der Waals surface area (Å²) in [6.07, 6.45) is 3.49. The van der Waals surface area contributed by atoms with Gasteiger partial charge in [-0.05, 0) is 53.9 Å². The van der Waals surface area contributed by atoms with Crippen molar-refractivity contribution in [2.45, 2.75) is 13.0 Å². The van der Waals surface area contributed by atoms with Gasteiger partial charge < -0.3 is 10.2 Å². The zero-order valence-corrected chi connectivity index (χ0v) is 15.4. The molecule has 0 saturated heterocycles. The molecule has 1 aromatic heterocycles. The largest absolute Gasteiger partial charge is 0.322 e. The summed E-state index contributed by atoms with van der Waals surface area (Å²) < 4.78 is 0. The Morgan fingerprint density at radius 1 is 1.08 bits per heavy atom. The molecule has 0 saturated carbocycles. The average Bonchev–Trinajstić information content (AvgIpc) is 2.64. The zero-order chi connectivity index (χ0) is 18.5. The molecule has 26 heavy (non-hydrogen) atoms. The highest BCUT2D eigenvalue weighted by atomic mass is 35.5. The number of hydrogen-bond acceptors (Lipinski definition) is 2. The number of urea groups is 1. The summed E-state index contributed by atoms with van der Waals surface area (Å²) in [7, 11) is 1.78. The van der Waals surface area contributed by atoms with E-state index in [0.29, 0.717) is 5.02 Å². The van der Waals surface area contributed by atoms with Crippen LogP contribution in [0.5, 0.6) is 0 Å². The first kappa shape index (κ1) is 18.0. The summed E-state index contributed by atoms with van der Waals surface area (Å²) >= 11 is 6.02. The van der Waals surface area contributed by atoms with E-state index < -0.39 is 0 Å². The number of nitrogens with one attached hydrogen (secondary N) is 1. The van der Waals surface area contributed by atoms with Crippen molar-refractivity contribution in [1.29, 1.82) is 0 Å². The number of carbonyl (C=O) groups excluding carboxylic acids is 1. The molecule has 0 fully saturated rings. The molecule has 1 heterocycles. The fourth-order valence-corrected chi connectivity index (χ4v) is 3.00. The average molecular weight is 366 g/mol. The number of aromatic nitrogens is 1. The number of pyridine rings is 1. The maximum Gasteiger partial charge on any atom is 0.322 e. The number of amides is 2. The van der Waals surface area contributed by atoms with Crippen molar-refractivity contribution < 1.29 is 4.79 Å².